The molecule has 9 heteroatoms. The highest BCUT2D eigenvalue weighted by atomic mass is 35.5. The summed E-state index contributed by atoms with van der Waals surface area (Å²) < 4.78 is 31.6. The molecule has 0 bridgehead atoms. The van der Waals surface area contributed by atoms with E-state index in [1.165, 1.54) is 24.3 Å². The lowest BCUT2D eigenvalue weighted by Crippen LogP contribution is -2.23. The van der Waals surface area contributed by atoms with E-state index in [9.17, 15) is 13.2 Å². The summed E-state index contributed by atoms with van der Waals surface area (Å²) in [5.74, 6) is 0.204. The first kappa shape index (κ1) is 23.8. The fourth-order valence-electron chi connectivity index (χ4n) is 3.39. The number of aromatic nitrogens is 2. The molecule has 2 heterocycles. The first-order chi connectivity index (χ1) is 16.4. The van der Waals surface area contributed by atoms with Gasteiger partial charge in [0.15, 0.2) is 0 Å². The maximum Gasteiger partial charge on any atom is 0.267 e. The molecule has 0 radical (unpaired) electrons. The fraction of sp³-hybridized carbons (Fsp3) is 0.200. The van der Waals surface area contributed by atoms with Gasteiger partial charge in [0, 0.05) is 29.8 Å². The number of pyridine rings is 1. The second kappa shape index (κ2) is 10.3. The topological polar surface area (TPSA) is 101 Å². The van der Waals surface area contributed by atoms with Gasteiger partial charge in [-0.05, 0) is 54.4 Å². The minimum atomic E-state index is -3.75. The average molecular weight is 498 g/mol. The van der Waals surface area contributed by atoms with E-state index in [0.29, 0.717) is 18.1 Å². The van der Waals surface area contributed by atoms with Crippen LogP contribution in [0.2, 0.25) is 5.02 Å². The number of ether oxygens (including phenoxy) is 1. The second-order valence-electron chi connectivity index (χ2n) is 7.77. The lowest BCUT2D eigenvalue weighted by atomic mass is 10.2. The van der Waals surface area contributed by atoms with Gasteiger partial charge in [0.1, 0.15) is 11.4 Å². The SMILES string of the molecule is CCCCOc1ccc(S(=O)(=O)c2ccc(CNC(=O)c3cc4cnccc4[nH]3)cc2)cc1Cl. The largest absolute Gasteiger partial charge is 0.492 e. The van der Waals surface area contributed by atoms with E-state index >= 15 is 0 Å². The van der Waals surface area contributed by atoms with Crippen molar-refractivity contribution in [1.29, 1.82) is 0 Å². The molecule has 0 spiro atoms. The Morgan fingerprint density at radius 2 is 1.85 bits per heavy atom. The molecule has 0 aliphatic carbocycles. The molecular formula is C25H24ClN3O4S. The molecule has 0 unspecified atom stereocenters. The summed E-state index contributed by atoms with van der Waals surface area (Å²) in [4.78, 5) is 19.8. The van der Waals surface area contributed by atoms with Crippen LogP contribution in [0.5, 0.6) is 5.75 Å². The number of nitrogens with one attached hydrogen (secondary N) is 2. The summed E-state index contributed by atoms with van der Waals surface area (Å²) in [6, 6.07) is 14.4. The lowest BCUT2D eigenvalue weighted by molar-refractivity contribution is 0.0946. The molecule has 2 aromatic heterocycles. The van der Waals surface area contributed by atoms with E-state index in [4.69, 9.17) is 16.3 Å². The van der Waals surface area contributed by atoms with Crippen LogP contribution < -0.4 is 10.1 Å². The van der Waals surface area contributed by atoms with Crippen LogP contribution in [0.1, 0.15) is 35.8 Å². The molecule has 34 heavy (non-hydrogen) atoms. The molecule has 2 aromatic carbocycles. The zero-order valence-corrected chi connectivity index (χ0v) is 20.1. The highest BCUT2D eigenvalue weighted by molar-refractivity contribution is 7.91. The second-order valence-corrected chi connectivity index (χ2v) is 10.1. The highest BCUT2D eigenvalue weighted by Gasteiger charge is 2.19. The number of fused-ring (bicyclic) bond motifs is 1. The van der Waals surface area contributed by atoms with Crippen LogP contribution in [0.4, 0.5) is 0 Å². The van der Waals surface area contributed by atoms with Gasteiger partial charge in [-0.2, -0.15) is 0 Å². The molecule has 4 rings (SSSR count). The number of hydrogen-bond acceptors (Lipinski definition) is 5. The van der Waals surface area contributed by atoms with Crippen molar-refractivity contribution in [3.8, 4) is 5.75 Å². The first-order valence-corrected chi connectivity index (χ1v) is 12.7. The van der Waals surface area contributed by atoms with Gasteiger partial charge in [-0.25, -0.2) is 8.42 Å². The van der Waals surface area contributed by atoms with Crippen molar-refractivity contribution in [3.05, 3.63) is 83.3 Å². The summed E-state index contributed by atoms with van der Waals surface area (Å²) in [6.45, 7) is 2.83. The molecule has 0 atom stereocenters. The maximum atomic E-state index is 13.0. The van der Waals surface area contributed by atoms with E-state index in [0.717, 1.165) is 29.3 Å². The van der Waals surface area contributed by atoms with Gasteiger partial charge in [0.05, 0.1) is 21.4 Å². The Bertz CT molecular complexity index is 1380. The van der Waals surface area contributed by atoms with Crippen molar-refractivity contribution in [2.75, 3.05) is 6.61 Å². The zero-order chi connectivity index (χ0) is 24.1. The number of aromatic amines is 1. The molecule has 0 saturated carbocycles. The standard InChI is InChI=1S/C25H24ClN3O4S/c1-2-3-12-33-24-9-8-20(14-21(24)26)34(31,32)19-6-4-17(5-7-19)15-28-25(30)23-13-18-16-27-11-10-22(18)29-23/h4-11,13-14,16,29H,2-3,12,15H2,1H3,(H,28,30). The van der Waals surface area contributed by atoms with Crippen LogP contribution >= 0.6 is 11.6 Å². The summed E-state index contributed by atoms with van der Waals surface area (Å²) in [5.41, 5.74) is 2.03. The van der Waals surface area contributed by atoms with Crippen LogP contribution in [0.3, 0.4) is 0 Å². The van der Waals surface area contributed by atoms with E-state index in [1.54, 1.807) is 42.7 Å². The summed E-state index contributed by atoms with van der Waals surface area (Å²) >= 11 is 6.24. The molecular weight excluding hydrogens is 474 g/mol. The number of carbonyl (C=O) groups is 1. The average Bonchev–Trinajstić information content (AvgIpc) is 3.28. The van der Waals surface area contributed by atoms with Crippen molar-refractivity contribution in [3.63, 3.8) is 0 Å². The minimum absolute atomic E-state index is 0.0923. The number of rotatable bonds is 9. The van der Waals surface area contributed by atoms with Crippen molar-refractivity contribution in [2.24, 2.45) is 0 Å². The smallest absolute Gasteiger partial charge is 0.267 e. The summed E-state index contributed by atoms with van der Waals surface area (Å²) in [7, 11) is -3.75. The Kier molecular flexibility index (Phi) is 7.19. The highest BCUT2D eigenvalue weighted by Crippen LogP contribution is 2.30. The Hall–Kier alpha value is -3.36. The monoisotopic (exact) mass is 497 g/mol. The van der Waals surface area contributed by atoms with Crippen molar-refractivity contribution < 1.29 is 17.9 Å². The third kappa shape index (κ3) is 5.24. The molecule has 2 N–H and O–H groups in total. The van der Waals surface area contributed by atoms with E-state index in [2.05, 4.69) is 22.2 Å². The van der Waals surface area contributed by atoms with Crippen LogP contribution in [0, 0.1) is 0 Å². The number of amides is 1. The Morgan fingerprint density at radius 3 is 2.56 bits per heavy atom. The number of H-pyrrole nitrogens is 1. The van der Waals surface area contributed by atoms with Crippen LogP contribution in [0.25, 0.3) is 10.9 Å². The quantitative estimate of drug-likeness (QED) is 0.311. The Labute approximate surface area is 203 Å². The van der Waals surface area contributed by atoms with Gasteiger partial charge in [0.25, 0.3) is 5.91 Å². The third-order valence-electron chi connectivity index (χ3n) is 5.32. The molecule has 0 fully saturated rings. The molecule has 176 valence electrons. The predicted octanol–water partition coefficient (Wildman–Crippen LogP) is 5.16. The summed E-state index contributed by atoms with van der Waals surface area (Å²) in [5, 5.41) is 3.93. The number of unbranched alkanes of at least 4 members (excludes halogenated alkanes) is 1. The molecule has 1 amide bonds. The number of hydrogen-bond donors (Lipinski definition) is 2. The Morgan fingerprint density at radius 1 is 1.09 bits per heavy atom. The van der Waals surface area contributed by atoms with Crippen molar-refractivity contribution in [2.45, 2.75) is 36.1 Å². The molecule has 0 aliphatic rings. The van der Waals surface area contributed by atoms with Gasteiger partial charge >= 0.3 is 0 Å². The first-order valence-electron chi connectivity index (χ1n) is 10.9. The fourth-order valence-corrected chi connectivity index (χ4v) is 4.97. The number of halogens is 1. The number of sulfone groups is 1. The molecule has 4 aromatic rings. The van der Waals surface area contributed by atoms with Gasteiger partial charge in [0.2, 0.25) is 9.84 Å². The van der Waals surface area contributed by atoms with Crippen molar-refractivity contribution >= 4 is 38.2 Å². The third-order valence-corrected chi connectivity index (χ3v) is 7.38. The molecule has 7 nitrogen and oxygen atoms in total. The lowest BCUT2D eigenvalue weighted by Gasteiger charge is -2.10. The number of benzene rings is 2. The van der Waals surface area contributed by atoms with Gasteiger partial charge < -0.3 is 15.0 Å². The van der Waals surface area contributed by atoms with E-state index in [1.807, 2.05) is 0 Å². The predicted molar refractivity (Wildman–Crippen MR) is 131 cm³/mol. The van der Waals surface area contributed by atoms with Crippen LogP contribution in [-0.4, -0.2) is 30.9 Å². The number of nitrogens with zero attached hydrogens (tertiary/aromatic N) is 1. The normalized spacial score (nSPS) is 11.5. The van der Waals surface area contributed by atoms with Gasteiger partial charge in [-0.15, -0.1) is 0 Å². The molecule has 0 aliphatic heterocycles. The van der Waals surface area contributed by atoms with E-state index in [-0.39, 0.29) is 27.3 Å². The Balaban J connectivity index is 1.42. The van der Waals surface area contributed by atoms with Crippen molar-refractivity contribution in [1.82, 2.24) is 15.3 Å². The van der Waals surface area contributed by atoms with Gasteiger partial charge in [-0.3, -0.25) is 9.78 Å². The minimum Gasteiger partial charge on any atom is -0.492 e. The van der Waals surface area contributed by atoms with Gasteiger partial charge in [-0.1, -0.05) is 37.1 Å². The number of carbonyl (C=O) groups excluding carboxylic acids is 1. The van der Waals surface area contributed by atoms with Crippen LogP contribution in [0.15, 0.2) is 76.8 Å². The van der Waals surface area contributed by atoms with Crippen LogP contribution in [-0.2, 0) is 16.4 Å². The summed E-state index contributed by atoms with van der Waals surface area (Å²) in [6.07, 6.45) is 5.22. The maximum absolute atomic E-state index is 13.0. The van der Waals surface area contributed by atoms with E-state index < -0.39 is 9.84 Å². The zero-order valence-electron chi connectivity index (χ0n) is 18.5. The molecule has 0 saturated heterocycles.